The Labute approximate surface area is 820 Å². The number of benzene rings is 1. The first-order chi connectivity index (χ1) is 66.8. The summed E-state index contributed by atoms with van der Waals surface area (Å²) in [5.74, 6) is -15.7. The van der Waals surface area contributed by atoms with Gasteiger partial charge in [-0.25, -0.2) is 4.98 Å². The van der Waals surface area contributed by atoms with Gasteiger partial charge in [0.05, 0.1) is 116 Å². The Bertz CT molecular complexity index is 4400. The van der Waals surface area contributed by atoms with E-state index in [4.69, 9.17) is 52.1 Å². The number of hydrogen-bond acceptors (Lipinski definition) is 32. The van der Waals surface area contributed by atoms with Gasteiger partial charge >= 0.3 is 17.9 Å². The van der Waals surface area contributed by atoms with Crippen molar-refractivity contribution in [2.24, 2.45) is 17.8 Å². The minimum Gasteiger partial charge on any atom is -0.481 e. The molecule has 0 saturated heterocycles. The lowest BCUT2D eigenvalue weighted by Crippen LogP contribution is -2.64. The summed E-state index contributed by atoms with van der Waals surface area (Å²) in [5.41, 5.74) is -0.847. The summed E-state index contributed by atoms with van der Waals surface area (Å²) in [4.78, 5) is 253. The first-order valence-electron chi connectivity index (χ1n) is 47.6. The number of anilines is 1. The van der Waals surface area contributed by atoms with Gasteiger partial charge in [0.15, 0.2) is 11.9 Å². The van der Waals surface area contributed by atoms with E-state index in [0.29, 0.717) is 111 Å². The van der Waals surface area contributed by atoms with Gasteiger partial charge in [-0.1, -0.05) is 47.1 Å². The number of carbonyl (C=O) groups excluding carboxylic acids is 17. The average molecular weight is 2000 g/mol. The third kappa shape index (κ3) is 45.2. The highest BCUT2D eigenvalue weighted by atomic mass is 32.1. The second-order valence-corrected chi connectivity index (χ2v) is 35.6. The molecule has 0 unspecified atom stereocenters. The fourth-order valence-electron chi connectivity index (χ4n) is 14.1. The maximum absolute atomic E-state index is 14.6. The van der Waals surface area contributed by atoms with Gasteiger partial charge in [-0.2, -0.15) is 0 Å². The molecule has 1 aromatic carbocycles. The molecule has 140 heavy (non-hydrogen) atoms. The highest BCUT2D eigenvalue weighted by Crippen LogP contribution is 2.33. The monoisotopic (exact) mass is 2000 g/mol. The number of aromatic nitrogens is 1. The molecular weight excluding hydrogens is 1850 g/mol. The van der Waals surface area contributed by atoms with Crippen LogP contribution in [0.1, 0.15) is 185 Å². The van der Waals surface area contributed by atoms with Crippen LogP contribution in [0, 0.1) is 17.8 Å². The van der Waals surface area contributed by atoms with E-state index in [0.717, 1.165) is 51.9 Å². The van der Waals surface area contributed by atoms with Crippen LogP contribution in [0.3, 0.4) is 0 Å². The molecule has 0 fully saturated rings. The molecule has 2 aromatic rings. The Kier molecular flexibility index (Phi) is 56.0. The molecule has 4 heterocycles. The molecule has 0 bridgehead atoms. The third-order valence-corrected chi connectivity index (χ3v) is 23.9. The minimum absolute atomic E-state index is 0.00153. The number of esters is 2. The Balaban J connectivity index is 1.31. The van der Waals surface area contributed by atoms with Crippen molar-refractivity contribution in [2.45, 2.75) is 212 Å². The summed E-state index contributed by atoms with van der Waals surface area (Å²) in [6, 6.07) is -3.54. The predicted octanol–water partition coefficient (Wildman–Crippen LogP) is 1.42. The number of nitrogens with zero attached hydrogens (tertiary/aromatic N) is 5. The third-order valence-electron chi connectivity index (χ3n) is 22.9. The van der Waals surface area contributed by atoms with Crippen LogP contribution in [0.4, 0.5) is 5.69 Å². The van der Waals surface area contributed by atoms with Gasteiger partial charge in [0, 0.05) is 160 Å². The van der Waals surface area contributed by atoms with Crippen LogP contribution < -0.4 is 57.9 Å². The SMILES string of the molecule is CC[C@H](C)[C@H](NC(=O)C(C)(C)N(C)C)C(=O)N(C)[C@H](C[C@@H](OC(C)=O)c1nc(C(=O)N[C@@H](Cc2ccc3c(c2)NC(=O)CCCNC(=O)[C@@H](CCCCNC(=O)CCOCCOCCOCCOCCOCCOCCOCCCOCCOC)NC(=O)CCCNC(=O)[C@H](NC(=O)CCN2C(=O)C=CC2=O)[C@@H](NC(=O)CCN2C(=O)C=CC2=O)C(=O)NCCCC(=O)O3)C[C@H](C)C(=O)O)cs1)C(C)C. The summed E-state index contributed by atoms with van der Waals surface area (Å²) in [5, 5.41) is 38.7. The number of amides is 15. The smallest absolute Gasteiger partial charge is 0.311 e. The first kappa shape index (κ1) is 119. The Morgan fingerprint density at radius 2 is 1.09 bits per heavy atom. The molecule has 0 saturated carbocycles. The van der Waals surface area contributed by atoms with Gasteiger partial charge in [-0.05, 0) is 115 Å². The number of unbranched alkanes of at least 4 members (excludes halogenated alkanes) is 1. The van der Waals surface area contributed by atoms with Gasteiger partial charge < -0.3 is 115 Å². The van der Waals surface area contributed by atoms with Crippen LogP contribution in [-0.4, -0.2) is 358 Å². The van der Waals surface area contributed by atoms with E-state index < -0.39 is 175 Å². The topological polar surface area (TPSA) is 575 Å². The number of fused-ring (bicyclic) bond motifs is 1. The van der Waals surface area contributed by atoms with Crippen molar-refractivity contribution in [3.8, 4) is 5.75 Å². The number of thiazole rings is 1. The number of likely N-dealkylation sites (N-methyl/N-ethyl adjacent to an activating group) is 2. The number of carboxylic acids is 1. The van der Waals surface area contributed by atoms with Crippen molar-refractivity contribution < 1.29 is 144 Å². The Morgan fingerprint density at radius 3 is 1.59 bits per heavy atom. The lowest BCUT2D eigenvalue weighted by atomic mass is 9.92. The molecule has 0 aliphatic carbocycles. The number of nitrogens with one attached hydrogen (secondary N) is 10. The summed E-state index contributed by atoms with van der Waals surface area (Å²) in [6.07, 6.45) is 1.92. The normalized spacial score (nSPS) is 17.6. The minimum atomic E-state index is -2.03. The number of hydrogen-bond donors (Lipinski definition) is 11. The van der Waals surface area contributed by atoms with Crippen LogP contribution in [-0.2, 0) is 135 Å². The molecule has 15 amide bonds. The lowest BCUT2D eigenvalue weighted by Gasteiger charge is -2.38. The van der Waals surface area contributed by atoms with Crippen molar-refractivity contribution in [2.75, 3.05) is 185 Å². The number of imide groups is 2. The van der Waals surface area contributed by atoms with Crippen LogP contribution in [0.5, 0.6) is 5.75 Å². The highest BCUT2D eigenvalue weighted by Gasteiger charge is 2.41. The van der Waals surface area contributed by atoms with E-state index >= 15 is 0 Å². The van der Waals surface area contributed by atoms with Gasteiger partial charge in [-0.3, -0.25) is 101 Å². The number of aliphatic carboxylic acids is 1. The molecule has 3 aliphatic rings. The highest BCUT2D eigenvalue weighted by molar-refractivity contribution is 7.09. The fraction of sp³-hybridized carbons (Fsp3) is 0.670. The van der Waals surface area contributed by atoms with Crippen molar-refractivity contribution in [3.05, 3.63) is 64.1 Å². The zero-order chi connectivity index (χ0) is 103. The van der Waals surface area contributed by atoms with E-state index in [-0.39, 0.29) is 168 Å². The molecular formula is C94H145N15O30S. The summed E-state index contributed by atoms with van der Waals surface area (Å²) in [6.45, 7) is 18.9. The molecule has 9 atom stereocenters. The zero-order valence-corrected chi connectivity index (χ0v) is 83.4. The molecule has 3 aliphatic heterocycles. The summed E-state index contributed by atoms with van der Waals surface area (Å²) >= 11 is 1.00. The van der Waals surface area contributed by atoms with Crippen molar-refractivity contribution >= 4 is 124 Å². The van der Waals surface area contributed by atoms with Gasteiger partial charge in [-0.15, -0.1) is 11.3 Å². The zero-order valence-electron chi connectivity index (χ0n) is 82.6. The molecule has 45 nitrogen and oxygen atoms in total. The number of carboxylic acid groups (broad SMARTS) is 1. The van der Waals surface area contributed by atoms with E-state index in [1.54, 1.807) is 47.0 Å². The number of carbonyl (C=O) groups is 18. The molecule has 5 rings (SSSR count). The number of methoxy groups -OCH3 is 1. The molecule has 11 N–H and O–H groups in total. The van der Waals surface area contributed by atoms with E-state index in [2.05, 4.69) is 58.2 Å². The second kappa shape index (κ2) is 65.7. The Morgan fingerprint density at radius 1 is 0.600 bits per heavy atom. The maximum atomic E-state index is 14.6. The van der Waals surface area contributed by atoms with E-state index in [1.165, 1.54) is 42.3 Å². The van der Waals surface area contributed by atoms with Gasteiger partial charge in [0.25, 0.3) is 29.5 Å². The predicted molar refractivity (Wildman–Crippen MR) is 507 cm³/mol. The lowest BCUT2D eigenvalue weighted by molar-refractivity contribution is -0.149. The van der Waals surface area contributed by atoms with E-state index in [1.807, 2.05) is 27.7 Å². The maximum Gasteiger partial charge on any atom is 0.311 e. The quantitative estimate of drug-likeness (QED) is 0.0193. The molecule has 782 valence electrons. The number of rotatable bonds is 60. The summed E-state index contributed by atoms with van der Waals surface area (Å²) in [7, 11) is 6.75. The van der Waals surface area contributed by atoms with Crippen molar-refractivity contribution in [1.82, 2.24) is 72.4 Å². The molecule has 0 spiro atoms. The fourth-order valence-corrected chi connectivity index (χ4v) is 15.0. The van der Waals surface area contributed by atoms with Crippen LogP contribution >= 0.6 is 11.3 Å². The molecule has 0 radical (unpaired) electrons. The van der Waals surface area contributed by atoms with Gasteiger partial charge in [0.2, 0.25) is 59.1 Å². The van der Waals surface area contributed by atoms with E-state index in [9.17, 15) is 91.4 Å². The van der Waals surface area contributed by atoms with Crippen molar-refractivity contribution in [1.29, 1.82) is 0 Å². The second-order valence-electron chi connectivity index (χ2n) is 34.7. The number of ether oxygens (including phenoxy) is 11. The van der Waals surface area contributed by atoms with Crippen molar-refractivity contribution in [3.63, 3.8) is 0 Å². The summed E-state index contributed by atoms with van der Waals surface area (Å²) < 4.78 is 60.8. The Hall–Kier alpha value is -11.2. The molecule has 1 aromatic heterocycles. The largest absolute Gasteiger partial charge is 0.481 e. The van der Waals surface area contributed by atoms with Gasteiger partial charge in [0.1, 0.15) is 34.9 Å². The van der Waals surface area contributed by atoms with Crippen LogP contribution in [0.15, 0.2) is 47.9 Å². The van der Waals surface area contributed by atoms with Crippen LogP contribution in [0.25, 0.3) is 0 Å². The molecule has 46 heteroatoms. The standard InChI is InChI=1S/C94H145N15O30S/c1-13-62(4)83(105-93(128)94(7,8)106(9)10)91(125)107(11)70(61(2)3)59-72(138-64(6)110)90-102-69(60-140-90)87(122)99-66(56-63(5)92(126)127)57-65-24-25-71-68(58-65)101-75(113)22-16-34-96-86(121)67(20-14-15-33-95-73(111)32-41-132-45-47-134-49-51-136-53-55-137-54-52-135-50-48-133-46-44-131-40-19-39-130-43-42-129-12)100-74(112)21-17-35-97-88(123)84(103-76(114)30-37-108-78(116)26-27-79(108)117)85(89(124)98-36-18-23-82(120)139-71)104-77(115)31-38-109-80(118)28-29-81(109)119/h24-29,58,60-63,66-67,70,72,83-85H,13-23,30-57,59H2,1-12H3,(H,95,111)(H,96,121)(H,97,123)(H,98,124)(H,99,122)(H,100,112)(H,101,113)(H,103,114)(H,104,115)(H,105,128)(H,126,127)/t62-,63-,66+,67+,70+,72+,83-,84+,85+/m0/s1. The first-order valence-corrected chi connectivity index (χ1v) is 48.4. The van der Waals surface area contributed by atoms with Crippen LogP contribution in [0.2, 0.25) is 0 Å². The average Bonchev–Trinajstić information content (AvgIpc) is 1.33.